The van der Waals surface area contributed by atoms with Gasteiger partial charge in [0.2, 0.25) is 0 Å². The summed E-state index contributed by atoms with van der Waals surface area (Å²) >= 11 is 3.93. The Balaban J connectivity index is 3.53. The second-order valence-corrected chi connectivity index (χ2v) is 3.48. The molecular formula is C9H15NO4S. The fourth-order valence-electron chi connectivity index (χ4n) is 0.729. The predicted octanol–water partition coefficient (Wildman–Crippen LogP) is 0.640. The van der Waals surface area contributed by atoms with Gasteiger partial charge < -0.3 is 9.63 Å². The van der Waals surface area contributed by atoms with E-state index < -0.39 is 11.9 Å². The molecular weight excluding hydrogens is 218 g/mol. The fourth-order valence-corrected chi connectivity index (χ4v) is 0.887. The first-order valence-electron chi connectivity index (χ1n) is 4.65. The number of thiol groups is 1. The van der Waals surface area contributed by atoms with Crippen molar-refractivity contribution in [2.75, 3.05) is 5.75 Å². The molecule has 0 heterocycles. The van der Waals surface area contributed by atoms with Gasteiger partial charge in [-0.2, -0.15) is 18.1 Å². The Bertz CT molecular complexity index is 242. The number of rotatable bonds is 6. The monoisotopic (exact) mass is 233 g/mol. The third-order valence-corrected chi connectivity index (χ3v) is 1.84. The first-order chi connectivity index (χ1) is 7.06. The van der Waals surface area contributed by atoms with E-state index in [9.17, 15) is 14.4 Å². The third-order valence-electron chi connectivity index (χ3n) is 1.52. The van der Waals surface area contributed by atoms with Crippen molar-refractivity contribution in [2.24, 2.45) is 0 Å². The molecule has 0 fully saturated rings. The Hall–Kier alpha value is -1.04. The van der Waals surface area contributed by atoms with Gasteiger partial charge in [-0.3, -0.25) is 4.79 Å². The van der Waals surface area contributed by atoms with E-state index in [1.54, 1.807) is 0 Å². The van der Waals surface area contributed by atoms with Crippen LogP contribution in [0.1, 0.15) is 32.6 Å². The highest BCUT2D eigenvalue weighted by Gasteiger charge is 2.07. The molecule has 0 rings (SSSR count). The van der Waals surface area contributed by atoms with Crippen molar-refractivity contribution >= 4 is 30.3 Å². The molecule has 0 aromatic heterocycles. The predicted molar refractivity (Wildman–Crippen MR) is 57.2 cm³/mol. The zero-order valence-corrected chi connectivity index (χ0v) is 9.51. The van der Waals surface area contributed by atoms with Crippen LogP contribution in [-0.4, -0.2) is 23.4 Å². The molecule has 0 aliphatic rings. The molecule has 15 heavy (non-hydrogen) atoms. The quantitative estimate of drug-likeness (QED) is 0.521. The van der Waals surface area contributed by atoms with E-state index in [0.717, 1.165) is 0 Å². The van der Waals surface area contributed by atoms with Crippen LogP contribution >= 0.6 is 12.6 Å². The minimum absolute atomic E-state index is 0.0369. The number of hydroxylamine groups is 1. The molecule has 0 aromatic carbocycles. The Morgan fingerprint density at radius 3 is 2.40 bits per heavy atom. The van der Waals surface area contributed by atoms with Crippen LogP contribution in [0.3, 0.4) is 0 Å². The first-order valence-corrected chi connectivity index (χ1v) is 5.28. The van der Waals surface area contributed by atoms with Crippen molar-refractivity contribution in [2.45, 2.75) is 32.6 Å². The molecule has 0 spiro atoms. The van der Waals surface area contributed by atoms with E-state index in [1.807, 2.05) is 5.48 Å². The highest BCUT2D eigenvalue weighted by atomic mass is 32.1. The van der Waals surface area contributed by atoms with Gasteiger partial charge in [0.05, 0.1) is 0 Å². The molecule has 1 N–H and O–H groups in total. The molecule has 0 aliphatic carbocycles. The minimum atomic E-state index is -0.500. The summed E-state index contributed by atoms with van der Waals surface area (Å²) in [5.74, 6) is -0.455. The summed E-state index contributed by atoms with van der Waals surface area (Å²) in [6, 6.07) is 0. The Morgan fingerprint density at radius 1 is 1.20 bits per heavy atom. The number of amides is 1. The van der Waals surface area contributed by atoms with E-state index in [2.05, 4.69) is 17.5 Å². The smallest absolute Gasteiger partial charge is 0.332 e. The maximum absolute atomic E-state index is 11.0. The van der Waals surface area contributed by atoms with E-state index in [4.69, 9.17) is 0 Å². The number of carbonyl (C=O) groups excluding carboxylic acids is 3. The van der Waals surface area contributed by atoms with E-state index >= 15 is 0 Å². The fraction of sp³-hybridized carbons (Fsp3) is 0.667. The highest BCUT2D eigenvalue weighted by molar-refractivity contribution is 7.80. The maximum Gasteiger partial charge on any atom is 0.332 e. The number of carbonyl (C=O) groups is 3. The standard InChI is InChI=1S/C9H15NO4S/c1-7(11)4-5-8(12)10-14-9(13)3-2-6-15/h15H,2-6H2,1H3,(H,10,12). The average molecular weight is 233 g/mol. The van der Waals surface area contributed by atoms with Gasteiger partial charge in [0.25, 0.3) is 5.91 Å². The topological polar surface area (TPSA) is 72.5 Å². The van der Waals surface area contributed by atoms with Gasteiger partial charge in [-0.15, -0.1) is 0 Å². The number of hydrogen-bond donors (Lipinski definition) is 2. The van der Waals surface area contributed by atoms with Gasteiger partial charge in [0.1, 0.15) is 5.78 Å². The minimum Gasteiger partial charge on any atom is -0.341 e. The average Bonchev–Trinajstić information content (AvgIpc) is 2.20. The van der Waals surface area contributed by atoms with E-state index in [-0.39, 0.29) is 25.0 Å². The Kier molecular flexibility index (Phi) is 7.71. The summed E-state index contributed by atoms with van der Waals surface area (Å²) < 4.78 is 0. The van der Waals surface area contributed by atoms with Crippen LogP contribution in [0.15, 0.2) is 0 Å². The van der Waals surface area contributed by atoms with E-state index in [0.29, 0.717) is 12.2 Å². The summed E-state index contributed by atoms with van der Waals surface area (Å²) in [6.45, 7) is 1.39. The molecule has 1 amide bonds. The van der Waals surface area contributed by atoms with Gasteiger partial charge in [-0.1, -0.05) is 0 Å². The zero-order chi connectivity index (χ0) is 11.7. The summed E-state index contributed by atoms with van der Waals surface area (Å²) in [7, 11) is 0. The summed E-state index contributed by atoms with van der Waals surface area (Å²) in [6.07, 6.45) is 1.01. The van der Waals surface area contributed by atoms with Crippen LogP contribution in [0.4, 0.5) is 0 Å². The molecule has 0 radical (unpaired) electrons. The number of ketones is 1. The van der Waals surface area contributed by atoms with Crippen molar-refractivity contribution < 1.29 is 19.2 Å². The molecule has 0 bridgehead atoms. The molecule has 6 heteroatoms. The number of hydrogen-bond acceptors (Lipinski definition) is 5. The lowest BCUT2D eigenvalue weighted by atomic mass is 10.2. The third kappa shape index (κ3) is 9.27. The molecule has 0 aromatic rings. The van der Waals surface area contributed by atoms with Crippen molar-refractivity contribution in [3.05, 3.63) is 0 Å². The van der Waals surface area contributed by atoms with Crippen molar-refractivity contribution in [3.8, 4) is 0 Å². The molecule has 0 saturated carbocycles. The van der Waals surface area contributed by atoms with Crippen LogP contribution in [0.2, 0.25) is 0 Å². The van der Waals surface area contributed by atoms with Crippen LogP contribution in [0.5, 0.6) is 0 Å². The second-order valence-electron chi connectivity index (χ2n) is 3.03. The van der Waals surface area contributed by atoms with Gasteiger partial charge >= 0.3 is 5.97 Å². The lowest BCUT2D eigenvalue weighted by Crippen LogP contribution is -2.27. The summed E-state index contributed by atoms with van der Waals surface area (Å²) in [5, 5.41) is 0. The largest absolute Gasteiger partial charge is 0.341 e. The highest BCUT2D eigenvalue weighted by Crippen LogP contribution is 1.94. The van der Waals surface area contributed by atoms with Crippen molar-refractivity contribution in [1.82, 2.24) is 5.48 Å². The van der Waals surface area contributed by atoms with Crippen molar-refractivity contribution in [3.63, 3.8) is 0 Å². The lowest BCUT2D eigenvalue weighted by molar-refractivity contribution is -0.158. The summed E-state index contributed by atoms with van der Waals surface area (Å²) in [4.78, 5) is 36.9. The molecule has 5 nitrogen and oxygen atoms in total. The molecule has 0 atom stereocenters. The van der Waals surface area contributed by atoms with Crippen molar-refractivity contribution in [1.29, 1.82) is 0 Å². The molecule has 86 valence electrons. The lowest BCUT2D eigenvalue weighted by Gasteiger charge is -2.04. The Morgan fingerprint density at radius 2 is 1.87 bits per heavy atom. The number of nitrogens with one attached hydrogen (secondary N) is 1. The van der Waals surface area contributed by atoms with Gasteiger partial charge in [0.15, 0.2) is 0 Å². The SMILES string of the molecule is CC(=O)CCC(=O)NOC(=O)CCCS. The van der Waals surface area contributed by atoms with Gasteiger partial charge in [-0.25, -0.2) is 4.79 Å². The zero-order valence-electron chi connectivity index (χ0n) is 8.62. The Labute approximate surface area is 93.9 Å². The molecule has 0 aliphatic heterocycles. The molecule has 0 unspecified atom stereocenters. The van der Waals surface area contributed by atoms with Gasteiger partial charge in [0, 0.05) is 19.3 Å². The van der Waals surface area contributed by atoms with E-state index in [1.165, 1.54) is 6.92 Å². The molecule has 0 saturated heterocycles. The normalized spacial score (nSPS) is 9.47. The van der Waals surface area contributed by atoms with Crippen LogP contribution < -0.4 is 5.48 Å². The van der Waals surface area contributed by atoms with Crippen LogP contribution in [0.25, 0.3) is 0 Å². The maximum atomic E-state index is 11.0. The first kappa shape index (κ1) is 14.0. The van der Waals surface area contributed by atoms with Crippen LogP contribution in [-0.2, 0) is 19.2 Å². The second kappa shape index (κ2) is 8.28. The van der Waals surface area contributed by atoms with Crippen LogP contribution in [0, 0.1) is 0 Å². The van der Waals surface area contributed by atoms with Gasteiger partial charge in [-0.05, 0) is 19.1 Å². The summed E-state index contributed by atoms with van der Waals surface area (Å²) in [5.41, 5.74) is 1.98. The number of Topliss-reactive ketones (excluding diaryl/α,β-unsaturated/α-hetero) is 1.